The second kappa shape index (κ2) is 13.1. The molecule has 0 aliphatic heterocycles. The summed E-state index contributed by atoms with van der Waals surface area (Å²) in [4.78, 5) is 2.41. The SMILES string of the molecule is c1cc(-c2ccc3c(c2)sc2ccccc23)cc(N(c2ccc(-c3cccc4ccccc34)cc2)c2cccc(-c3cccc4c3sc3ccccc34)c2)c1. The molecule has 0 saturated carbocycles. The highest BCUT2D eigenvalue weighted by Gasteiger charge is 2.17. The van der Waals surface area contributed by atoms with Gasteiger partial charge in [-0.3, -0.25) is 0 Å². The van der Waals surface area contributed by atoms with Crippen LogP contribution in [0.2, 0.25) is 0 Å². The van der Waals surface area contributed by atoms with E-state index in [0.717, 1.165) is 17.1 Å². The lowest BCUT2D eigenvalue weighted by atomic mass is 9.97. The number of fused-ring (bicyclic) bond motifs is 7. The first kappa shape index (κ1) is 32.0. The maximum absolute atomic E-state index is 2.41. The van der Waals surface area contributed by atoms with Crippen molar-refractivity contribution in [3.05, 3.63) is 200 Å². The van der Waals surface area contributed by atoms with Crippen molar-refractivity contribution in [2.45, 2.75) is 0 Å². The second-order valence-electron chi connectivity index (χ2n) is 14.1. The van der Waals surface area contributed by atoms with E-state index in [-0.39, 0.29) is 0 Å². The highest BCUT2D eigenvalue weighted by atomic mass is 32.1. The van der Waals surface area contributed by atoms with Crippen LogP contribution in [0.1, 0.15) is 0 Å². The first-order chi connectivity index (χ1) is 27.2. The average molecular weight is 736 g/mol. The van der Waals surface area contributed by atoms with Gasteiger partial charge in [0.1, 0.15) is 0 Å². The van der Waals surface area contributed by atoms with Crippen molar-refractivity contribution in [1.82, 2.24) is 0 Å². The van der Waals surface area contributed by atoms with Crippen molar-refractivity contribution < 1.29 is 0 Å². The van der Waals surface area contributed by atoms with E-state index in [0.29, 0.717) is 0 Å². The molecule has 3 heteroatoms. The maximum Gasteiger partial charge on any atom is 0.0467 e. The van der Waals surface area contributed by atoms with Crippen LogP contribution >= 0.6 is 22.7 Å². The summed E-state index contributed by atoms with van der Waals surface area (Å²) in [6.45, 7) is 0. The van der Waals surface area contributed by atoms with Gasteiger partial charge < -0.3 is 4.90 Å². The summed E-state index contributed by atoms with van der Waals surface area (Å²) in [6.07, 6.45) is 0. The molecule has 258 valence electrons. The van der Waals surface area contributed by atoms with Gasteiger partial charge in [-0.2, -0.15) is 0 Å². The zero-order valence-electron chi connectivity index (χ0n) is 29.8. The van der Waals surface area contributed by atoms with Crippen LogP contribution in [0, 0.1) is 0 Å². The van der Waals surface area contributed by atoms with Crippen LogP contribution in [-0.2, 0) is 0 Å². The van der Waals surface area contributed by atoms with Crippen molar-refractivity contribution in [3.63, 3.8) is 0 Å². The minimum absolute atomic E-state index is 1.11. The van der Waals surface area contributed by atoms with E-state index in [1.54, 1.807) is 0 Å². The number of rotatable bonds is 6. The fourth-order valence-electron chi connectivity index (χ4n) is 8.23. The molecule has 0 N–H and O–H groups in total. The molecular weight excluding hydrogens is 703 g/mol. The number of anilines is 3. The molecule has 0 radical (unpaired) electrons. The number of hydrogen-bond acceptors (Lipinski definition) is 3. The number of nitrogens with zero attached hydrogens (tertiary/aromatic N) is 1. The molecule has 0 bridgehead atoms. The maximum atomic E-state index is 2.41. The zero-order valence-corrected chi connectivity index (χ0v) is 31.4. The summed E-state index contributed by atoms with van der Waals surface area (Å²) in [6, 6.07) is 73.4. The normalized spacial score (nSPS) is 11.6. The fraction of sp³-hybridized carbons (Fsp3) is 0. The van der Waals surface area contributed by atoms with E-state index in [2.05, 4.69) is 205 Å². The Morgan fingerprint density at radius 3 is 1.65 bits per heavy atom. The van der Waals surface area contributed by atoms with Crippen molar-refractivity contribution in [3.8, 4) is 33.4 Å². The van der Waals surface area contributed by atoms with Gasteiger partial charge in [0, 0.05) is 57.4 Å². The average Bonchev–Trinajstić information content (AvgIpc) is 3.82. The summed E-state index contributed by atoms with van der Waals surface area (Å²) in [5.41, 5.74) is 10.7. The van der Waals surface area contributed by atoms with Gasteiger partial charge in [0.05, 0.1) is 0 Å². The van der Waals surface area contributed by atoms with Crippen molar-refractivity contribution in [1.29, 1.82) is 0 Å². The molecule has 9 aromatic carbocycles. The van der Waals surface area contributed by atoms with Crippen LogP contribution in [-0.4, -0.2) is 0 Å². The predicted octanol–water partition coefficient (Wildman–Crippen LogP) is 16.0. The summed E-state index contributed by atoms with van der Waals surface area (Å²) in [7, 11) is 0. The van der Waals surface area contributed by atoms with Crippen LogP contribution in [0.15, 0.2) is 200 Å². The van der Waals surface area contributed by atoms with Gasteiger partial charge in [-0.1, -0.05) is 146 Å². The van der Waals surface area contributed by atoms with Gasteiger partial charge in [-0.25, -0.2) is 0 Å². The molecule has 55 heavy (non-hydrogen) atoms. The van der Waals surface area contributed by atoms with E-state index in [1.165, 1.54) is 84.5 Å². The Morgan fingerprint density at radius 2 is 0.836 bits per heavy atom. The molecular formula is C52H33NS2. The Bertz CT molecular complexity index is 3220. The van der Waals surface area contributed by atoms with Gasteiger partial charge in [-0.15, -0.1) is 22.7 Å². The largest absolute Gasteiger partial charge is 0.310 e. The molecule has 2 aromatic heterocycles. The first-order valence-corrected chi connectivity index (χ1v) is 20.3. The van der Waals surface area contributed by atoms with Crippen LogP contribution in [0.4, 0.5) is 17.1 Å². The molecule has 0 saturated heterocycles. The minimum Gasteiger partial charge on any atom is -0.310 e. The Kier molecular flexibility index (Phi) is 7.61. The van der Waals surface area contributed by atoms with Gasteiger partial charge in [0.15, 0.2) is 0 Å². The standard InChI is InChI=1S/C52H33NS2/c1-2-17-42-34(11-1)12-9-20-43(42)35-25-28-39(29-26-35)53(40-15-7-13-36(31-40)37-27-30-47-45-18-3-5-23-49(45)54-51(47)33-37)41-16-8-14-38(32-41)44-21-10-22-48-46-19-4-6-24-50(46)55-52(44)48/h1-33H. The lowest BCUT2D eigenvalue weighted by Gasteiger charge is -2.27. The molecule has 0 aliphatic carbocycles. The fourth-order valence-corrected chi connectivity index (χ4v) is 10.6. The monoisotopic (exact) mass is 735 g/mol. The molecule has 2 heterocycles. The van der Waals surface area contributed by atoms with Gasteiger partial charge in [0.25, 0.3) is 0 Å². The molecule has 1 nitrogen and oxygen atoms in total. The number of benzene rings is 9. The van der Waals surface area contributed by atoms with E-state index < -0.39 is 0 Å². The molecule has 11 aromatic rings. The Hall–Kier alpha value is -6.52. The number of hydrogen-bond donors (Lipinski definition) is 0. The molecule has 0 fully saturated rings. The van der Waals surface area contributed by atoms with Gasteiger partial charge >= 0.3 is 0 Å². The molecule has 0 unspecified atom stereocenters. The lowest BCUT2D eigenvalue weighted by molar-refractivity contribution is 1.28. The Labute approximate surface area is 327 Å². The van der Waals surface area contributed by atoms with E-state index in [4.69, 9.17) is 0 Å². The Morgan fingerprint density at radius 1 is 0.291 bits per heavy atom. The summed E-state index contributed by atoms with van der Waals surface area (Å²) in [5, 5.41) is 7.79. The highest BCUT2D eigenvalue weighted by molar-refractivity contribution is 7.26. The highest BCUT2D eigenvalue weighted by Crippen LogP contribution is 2.44. The third-order valence-corrected chi connectivity index (χ3v) is 13.2. The first-order valence-electron chi connectivity index (χ1n) is 18.7. The molecule has 11 rings (SSSR count). The van der Waals surface area contributed by atoms with E-state index in [1.807, 2.05) is 22.7 Å². The molecule has 0 amide bonds. The quantitative estimate of drug-likeness (QED) is 0.164. The topological polar surface area (TPSA) is 3.24 Å². The van der Waals surface area contributed by atoms with Crippen LogP contribution in [0.5, 0.6) is 0 Å². The molecule has 0 spiro atoms. The third-order valence-electron chi connectivity index (χ3n) is 10.9. The van der Waals surface area contributed by atoms with Gasteiger partial charge in [-0.05, 0) is 98.8 Å². The molecule has 0 atom stereocenters. The summed E-state index contributed by atoms with van der Waals surface area (Å²) in [5.74, 6) is 0. The van der Waals surface area contributed by atoms with Crippen LogP contribution < -0.4 is 4.90 Å². The minimum atomic E-state index is 1.11. The van der Waals surface area contributed by atoms with E-state index in [9.17, 15) is 0 Å². The van der Waals surface area contributed by atoms with Crippen molar-refractivity contribution in [2.24, 2.45) is 0 Å². The van der Waals surface area contributed by atoms with Gasteiger partial charge in [0.2, 0.25) is 0 Å². The lowest BCUT2D eigenvalue weighted by Crippen LogP contribution is -2.10. The van der Waals surface area contributed by atoms with Crippen molar-refractivity contribution in [2.75, 3.05) is 4.90 Å². The second-order valence-corrected chi connectivity index (χ2v) is 16.2. The predicted molar refractivity (Wildman–Crippen MR) is 241 cm³/mol. The zero-order chi connectivity index (χ0) is 36.3. The number of thiophene rings is 2. The third kappa shape index (κ3) is 5.51. The van der Waals surface area contributed by atoms with E-state index >= 15 is 0 Å². The Balaban J connectivity index is 1.05. The van der Waals surface area contributed by atoms with Crippen molar-refractivity contribution >= 4 is 90.9 Å². The smallest absolute Gasteiger partial charge is 0.0467 e. The van der Waals surface area contributed by atoms with Crippen LogP contribution in [0.25, 0.3) is 84.5 Å². The van der Waals surface area contributed by atoms with Crippen LogP contribution in [0.3, 0.4) is 0 Å². The summed E-state index contributed by atoms with van der Waals surface area (Å²) < 4.78 is 5.28. The summed E-state index contributed by atoms with van der Waals surface area (Å²) >= 11 is 3.75. The molecule has 0 aliphatic rings.